The Morgan fingerprint density at radius 1 is 1.00 bits per heavy atom. The van der Waals surface area contributed by atoms with E-state index < -0.39 is 42.4 Å². The zero-order valence-electron chi connectivity index (χ0n) is 11.2. The molecule has 0 heterocycles. The van der Waals surface area contributed by atoms with E-state index in [1.165, 1.54) is 13.8 Å². The van der Waals surface area contributed by atoms with Gasteiger partial charge in [0.1, 0.15) is 12.2 Å². The van der Waals surface area contributed by atoms with Crippen molar-refractivity contribution in [1.29, 1.82) is 0 Å². The molecule has 0 spiro atoms. The van der Waals surface area contributed by atoms with Crippen molar-refractivity contribution in [1.82, 2.24) is 10.6 Å². The van der Waals surface area contributed by atoms with Crippen LogP contribution in [-0.4, -0.2) is 69.9 Å². The maximum absolute atomic E-state index is 11.0. The molecule has 108 valence electrons. The average molecular weight is 264 g/mol. The van der Waals surface area contributed by atoms with E-state index in [0.717, 1.165) is 0 Å². The van der Waals surface area contributed by atoms with Crippen LogP contribution in [0, 0.1) is 0 Å². The van der Waals surface area contributed by atoms with Crippen molar-refractivity contribution in [3.8, 4) is 0 Å². The van der Waals surface area contributed by atoms with Gasteiger partial charge in [0.15, 0.2) is 0 Å². The minimum Gasteiger partial charge on any atom is -0.391 e. The van der Waals surface area contributed by atoms with Gasteiger partial charge in [-0.05, 0) is 20.9 Å². The third kappa shape index (κ3) is 4.87. The molecule has 0 fully saturated rings. The van der Waals surface area contributed by atoms with Gasteiger partial charge in [0.05, 0.1) is 18.2 Å². The van der Waals surface area contributed by atoms with E-state index in [4.69, 9.17) is 0 Å². The highest BCUT2D eigenvalue weighted by molar-refractivity contribution is 5.73. The molecule has 0 aliphatic rings. The van der Waals surface area contributed by atoms with Gasteiger partial charge < -0.3 is 31.1 Å². The zero-order chi connectivity index (χ0) is 14.5. The normalized spacial score (nSPS) is 21.6. The lowest BCUT2D eigenvalue weighted by Crippen LogP contribution is -2.60. The van der Waals surface area contributed by atoms with E-state index in [-0.39, 0.29) is 0 Å². The molecule has 0 aliphatic carbocycles. The minimum atomic E-state index is -1.40. The molecule has 0 bridgehead atoms. The monoisotopic (exact) mass is 264 g/mol. The van der Waals surface area contributed by atoms with Gasteiger partial charge in [0.2, 0.25) is 5.91 Å². The van der Waals surface area contributed by atoms with Gasteiger partial charge in [-0.3, -0.25) is 4.79 Å². The van der Waals surface area contributed by atoms with Gasteiger partial charge in [0, 0.05) is 13.0 Å². The molecule has 0 rings (SSSR count). The fourth-order valence-electron chi connectivity index (χ4n) is 1.59. The van der Waals surface area contributed by atoms with Crippen molar-refractivity contribution in [2.75, 3.05) is 7.05 Å². The number of hydrogen-bond donors (Lipinski definition) is 6. The maximum Gasteiger partial charge on any atom is 0.217 e. The number of aliphatic hydroxyl groups excluding tert-OH is 4. The summed E-state index contributed by atoms with van der Waals surface area (Å²) in [6.45, 7) is 4.20. The van der Waals surface area contributed by atoms with E-state index in [1.807, 2.05) is 0 Å². The van der Waals surface area contributed by atoms with E-state index in [9.17, 15) is 25.2 Å². The van der Waals surface area contributed by atoms with Gasteiger partial charge in [-0.2, -0.15) is 0 Å². The number of nitrogens with one attached hydrogen (secondary N) is 2. The number of rotatable bonds is 7. The largest absolute Gasteiger partial charge is 0.391 e. The Bertz CT molecular complexity index is 262. The summed E-state index contributed by atoms with van der Waals surface area (Å²) < 4.78 is 0. The van der Waals surface area contributed by atoms with Crippen LogP contribution in [0.5, 0.6) is 0 Å². The SMILES string of the molecule is CNC(C)C(O)C(O)C(NC(C)=O)C(O)C(C)O. The molecule has 0 saturated heterocycles. The van der Waals surface area contributed by atoms with Crippen molar-refractivity contribution >= 4 is 5.91 Å². The summed E-state index contributed by atoms with van der Waals surface area (Å²) in [6, 6.07) is -1.58. The van der Waals surface area contributed by atoms with Crippen molar-refractivity contribution in [3.05, 3.63) is 0 Å². The predicted octanol–water partition coefficient (Wildman–Crippen LogP) is -2.44. The molecule has 7 heteroatoms. The number of aliphatic hydroxyl groups is 4. The smallest absolute Gasteiger partial charge is 0.217 e. The Labute approximate surface area is 107 Å². The van der Waals surface area contributed by atoms with Crippen LogP contribution >= 0.6 is 0 Å². The Kier molecular flexibility index (Phi) is 7.34. The summed E-state index contributed by atoms with van der Waals surface area (Å²) in [4.78, 5) is 11.0. The van der Waals surface area contributed by atoms with Crippen LogP contribution in [0.1, 0.15) is 20.8 Å². The quantitative estimate of drug-likeness (QED) is 0.304. The van der Waals surface area contributed by atoms with Gasteiger partial charge in [-0.15, -0.1) is 0 Å². The van der Waals surface area contributed by atoms with Crippen molar-refractivity contribution in [2.45, 2.75) is 57.3 Å². The minimum absolute atomic E-state index is 0.433. The van der Waals surface area contributed by atoms with Gasteiger partial charge >= 0.3 is 0 Å². The Hall–Kier alpha value is -0.730. The average Bonchev–Trinajstić information content (AvgIpc) is 2.31. The fraction of sp³-hybridized carbons (Fsp3) is 0.909. The van der Waals surface area contributed by atoms with Crippen LogP contribution in [0.4, 0.5) is 0 Å². The predicted molar refractivity (Wildman–Crippen MR) is 65.8 cm³/mol. The number of carbonyl (C=O) groups is 1. The first kappa shape index (κ1) is 17.3. The Balaban J connectivity index is 4.89. The molecule has 0 aromatic rings. The second-order valence-electron chi connectivity index (χ2n) is 4.52. The summed E-state index contributed by atoms with van der Waals surface area (Å²) in [5.74, 6) is -0.469. The number of likely N-dealkylation sites (N-methyl/N-ethyl adjacent to an activating group) is 1. The molecule has 18 heavy (non-hydrogen) atoms. The van der Waals surface area contributed by atoms with Gasteiger partial charge in [-0.1, -0.05) is 0 Å². The summed E-state index contributed by atoms with van der Waals surface area (Å²) in [6.07, 6.45) is -5.11. The molecular weight excluding hydrogens is 240 g/mol. The summed E-state index contributed by atoms with van der Waals surface area (Å²) in [5, 5.41) is 44.0. The lowest BCUT2D eigenvalue weighted by atomic mass is 9.94. The Morgan fingerprint density at radius 3 is 1.83 bits per heavy atom. The topological polar surface area (TPSA) is 122 Å². The molecule has 0 saturated carbocycles. The number of carbonyl (C=O) groups excluding carboxylic acids is 1. The molecule has 7 nitrogen and oxygen atoms in total. The number of amides is 1. The molecule has 6 unspecified atom stereocenters. The third-order valence-corrected chi connectivity index (χ3v) is 2.92. The number of hydrogen-bond acceptors (Lipinski definition) is 6. The van der Waals surface area contributed by atoms with Crippen molar-refractivity contribution < 1.29 is 25.2 Å². The van der Waals surface area contributed by atoms with Crippen LogP contribution in [0.2, 0.25) is 0 Å². The standard InChI is InChI=1S/C11H24N2O5/c1-5(12-4)9(16)11(18)8(13-7(3)15)10(17)6(2)14/h5-6,8-12,14,16-18H,1-4H3,(H,13,15). The summed E-state index contributed by atoms with van der Waals surface area (Å²) in [7, 11) is 1.61. The van der Waals surface area contributed by atoms with Crippen LogP contribution in [-0.2, 0) is 4.79 Å². The summed E-state index contributed by atoms with van der Waals surface area (Å²) in [5.41, 5.74) is 0. The molecule has 0 aromatic carbocycles. The van der Waals surface area contributed by atoms with Crippen LogP contribution in [0.25, 0.3) is 0 Å². The van der Waals surface area contributed by atoms with E-state index >= 15 is 0 Å². The zero-order valence-corrected chi connectivity index (χ0v) is 11.2. The van der Waals surface area contributed by atoms with Crippen molar-refractivity contribution in [2.24, 2.45) is 0 Å². The third-order valence-electron chi connectivity index (χ3n) is 2.92. The van der Waals surface area contributed by atoms with E-state index in [1.54, 1.807) is 14.0 Å². The Morgan fingerprint density at radius 2 is 1.50 bits per heavy atom. The van der Waals surface area contributed by atoms with Crippen LogP contribution in [0.15, 0.2) is 0 Å². The first-order chi connectivity index (χ1) is 8.22. The highest BCUT2D eigenvalue weighted by Crippen LogP contribution is 2.11. The second kappa shape index (κ2) is 7.65. The molecule has 0 aromatic heterocycles. The molecule has 6 N–H and O–H groups in total. The lowest BCUT2D eigenvalue weighted by molar-refractivity contribution is -0.126. The molecule has 0 radical (unpaired) electrons. The van der Waals surface area contributed by atoms with Crippen LogP contribution < -0.4 is 10.6 Å². The first-order valence-corrected chi connectivity index (χ1v) is 5.89. The van der Waals surface area contributed by atoms with Crippen molar-refractivity contribution in [3.63, 3.8) is 0 Å². The molecule has 6 atom stereocenters. The highest BCUT2D eigenvalue weighted by Gasteiger charge is 2.36. The highest BCUT2D eigenvalue weighted by atomic mass is 16.3. The van der Waals surface area contributed by atoms with Gasteiger partial charge in [0.25, 0.3) is 0 Å². The van der Waals surface area contributed by atoms with Crippen LogP contribution in [0.3, 0.4) is 0 Å². The molecular formula is C11H24N2O5. The lowest BCUT2D eigenvalue weighted by Gasteiger charge is -2.34. The fourth-order valence-corrected chi connectivity index (χ4v) is 1.59. The van der Waals surface area contributed by atoms with E-state index in [2.05, 4.69) is 10.6 Å². The van der Waals surface area contributed by atoms with E-state index in [0.29, 0.717) is 0 Å². The first-order valence-electron chi connectivity index (χ1n) is 5.89. The second-order valence-corrected chi connectivity index (χ2v) is 4.52. The van der Waals surface area contributed by atoms with Gasteiger partial charge in [-0.25, -0.2) is 0 Å². The maximum atomic E-state index is 11.0. The molecule has 1 amide bonds. The molecule has 0 aliphatic heterocycles. The summed E-state index contributed by atoms with van der Waals surface area (Å²) >= 11 is 0.